The average molecular weight is 219 g/mol. The SMILES string of the molecule is C1=CCC(CNC2CC2)(c2cccs2)C1. The Kier molecular flexibility index (Phi) is 2.41. The van der Waals surface area contributed by atoms with Crippen LogP contribution >= 0.6 is 11.3 Å². The van der Waals surface area contributed by atoms with E-state index in [9.17, 15) is 0 Å². The van der Waals surface area contributed by atoms with Crippen molar-refractivity contribution < 1.29 is 0 Å². The third-order valence-corrected chi connectivity index (χ3v) is 4.65. The van der Waals surface area contributed by atoms with Crippen molar-refractivity contribution in [2.24, 2.45) is 0 Å². The second-order valence-electron chi connectivity index (χ2n) is 4.79. The first kappa shape index (κ1) is 9.61. The lowest BCUT2D eigenvalue weighted by atomic mass is 9.83. The van der Waals surface area contributed by atoms with Gasteiger partial charge in [0.2, 0.25) is 0 Å². The third kappa shape index (κ3) is 1.88. The molecule has 1 saturated carbocycles. The van der Waals surface area contributed by atoms with Crippen LogP contribution in [0.25, 0.3) is 0 Å². The molecule has 0 radical (unpaired) electrons. The maximum atomic E-state index is 3.69. The Labute approximate surface area is 95.2 Å². The number of nitrogens with one attached hydrogen (secondary N) is 1. The first-order valence-electron chi connectivity index (χ1n) is 5.81. The Hall–Kier alpha value is -0.600. The first-order chi connectivity index (χ1) is 7.39. The van der Waals surface area contributed by atoms with Gasteiger partial charge in [-0.2, -0.15) is 0 Å². The molecule has 80 valence electrons. The minimum absolute atomic E-state index is 0.386. The molecule has 1 fully saturated rings. The zero-order valence-corrected chi connectivity index (χ0v) is 9.72. The Bertz CT molecular complexity index is 341. The third-order valence-electron chi connectivity index (χ3n) is 3.53. The highest BCUT2D eigenvalue weighted by Gasteiger charge is 2.35. The van der Waals surface area contributed by atoms with Gasteiger partial charge in [-0.1, -0.05) is 18.2 Å². The summed E-state index contributed by atoms with van der Waals surface area (Å²) >= 11 is 1.91. The minimum Gasteiger partial charge on any atom is -0.313 e. The summed E-state index contributed by atoms with van der Waals surface area (Å²) in [6.07, 6.45) is 9.88. The van der Waals surface area contributed by atoms with Crippen molar-refractivity contribution in [3.63, 3.8) is 0 Å². The Balaban J connectivity index is 1.75. The van der Waals surface area contributed by atoms with E-state index in [1.165, 1.54) is 25.7 Å². The number of rotatable bonds is 4. The number of thiophene rings is 1. The monoisotopic (exact) mass is 219 g/mol. The van der Waals surface area contributed by atoms with E-state index >= 15 is 0 Å². The van der Waals surface area contributed by atoms with E-state index in [2.05, 4.69) is 35.0 Å². The van der Waals surface area contributed by atoms with Crippen LogP contribution in [-0.2, 0) is 5.41 Å². The molecule has 1 heterocycles. The highest BCUT2D eigenvalue weighted by molar-refractivity contribution is 7.10. The molecule has 1 aromatic heterocycles. The van der Waals surface area contributed by atoms with E-state index in [0.717, 1.165) is 12.6 Å². The van der Waals surface area contributed by atoms with Gasteiger partial charge in [0.25, 0.3) is 0 Å². The summed E-state index contributed by atoms with van der Waals surface area (Å²) in [4.78, 5) is 1.56. The first-order valence-corrected chi connectivity index (χ1v) is 6.69. The summed E-state index contributed by atoms with van der Waals surface area (Å²) in [6, 6.07) is 5.30. The summed E-state index contributed by atoms with van der Waals surface area (Å²) in [5.74, 6) is 0. The van der Waals surface area contributed by atoms with E-state index in [1.54, 1.807) is 4.88 Å². The lowest BCUT2D eigenvalue weighted by molar-refractivity contribution is 0.424. The second-order valence-corrected chi connectivity index (χ2v) is 5.74. The van der Waals surface area contributed by atoms with Crippen LogP contribution in [0.15, 0.2) is 29.7 Å². The van der Waals surface area contributed by atoms with Gasteiger partial charge in [0.05, 0.1) is 0 Å². The lowest BCUT2D eigenvalue weighted by Gasteiger charge is -2.28. The largest absolute Gasteiger partial charge is 0.313 e. The standard InChI is InChI=1S/C13H17NS/c1-2-8-13(7-1,10-14-11-5-6-11)12-4-3-9-15-12/h1-4,9,11,14H,5-8,10H2. The van der Waals surface area contributed by atoms with E-state index < -0.39 is 0 Å². The summed E-state index contributed by atoms with van der Waals surface area (Å²) in [5, 5.41) is 5.90. The van der Waals surface area contributed by atoms with Gasteiger partial charge < -0.3 is 5.32 Å². The molecule has 2 heteroatoms. The van der Waals surface area contributed by atoms with Crippen LogP contribution in [0.3, 0.4) is 0 Å². The Morgan fingerprint density at radius 2 is 2.13 bits per heavy atom. The molecule has 0 amide bonds. The van der Waals surface area contributed by atoms with Gasteiger partial charge >= 0.3 is 0 Å². The molecule has 2 aliphatic carbocycles. The van der Waals surface area contributed by atoms with Gasteiger partial charge in [-0.05, 0) is 37.1 Å². The van der Waals surface area contributed by atoms with Crippen LogP contribution in [0.2, 0.25) is 0 Å². The zero-order valence-electron chi connectivity index (χ0n) is 8.91. The summed E-state index contributed by atoms with van der Waals surface area (Å²) in [6.45, 7) is 1.16. The molecule has 1 nitrogen and oxygen atoms in total. The molecule has 2 aliphatic rings. The number of hydrogen-bond donors (Lipinski definition) is 1. The van der Waals surface area contributed by atoms with Crippen molar-refractivity contribution in [1.82, 2.24) is 5.32 Å². The second kappa shape index (κ2) is 3.76. The molecule has 0 spiro atoms. The minimum atomic E-state index is 0.386. The fraction of sp³-hybridized carbons (Fsp3) is 0.538. The van der Waals surface area contributed by atoms with Crippen LogP contribution in [0.4, 0.5) is 0 Å². The summed E-state index contributed by atoms with van der Waals surface area (Å²) < 4.78 is 0. The van der Waals surface area contributed by atoms with Crippen molar-refractivity contribution in [3.05, 3.63) is 34.5 Å². The van der Waals surface area contributed by atoms with Crippen LogP contribution in [0.5, 0.6) is 0 Å². The summed E-state index contributed by atoms with van der Waals surface area (Å²) in [5.41, 5.74) is 0.386. The van der Waals surface area contributed by atoms with Crippen molar-refractivity contribution in [1.29, 1.82) is 0 Å². The fourth-order valence-corrected chi connectivity index (χ4v) is 3.29. The number of hydrogen-bond acceptors (Lipinski definition) is 2. The van der Waals surface area contributed by atoms with E-state index in [4.69, 9.17) is 0 Å². The van der Waals surface area contributed by atoms with Crippen LogP contribution in [0, 0.1) is 0 Å². The number of allylic oxidation sites excluding steroid dienone is 2. The van der Waals surface area contributed by atoms with Gasteiger partial charge in [-0.25, -0.2) is 0 Å². The average Bonchev–Trinajstić information content (AvgIpc) is 2.78. The van der Waals surface area contributed by atoms with Crippen LogP contribution < -0.4 is 5.32 Å². The lowest BCUT2D eigenvalue weighted by Crippen LogP contribution is -2.36. The molecule has 0 bridgehead atoms. The van der Waals surface area contributed by atoms with Crippen molar-refractivity contribution in [3.8, 4) is 0 Å². The smallest absolute Gasteiger partial charge is 0.0240 e. The maximum absolute atomic E-state index is 3.69. The van der Waals surface area contributed by atoms with Gasteiger partial charge in [0.15, 0.2) is 0 Å². The van der Waals surface area contributed by atoms with Gasteiger partial charge in [0, 0.05) is 22.9 Å². The molecule has 0 unspecified atom stereocenters. The van der Waals surface area contributed by atoms with Crippen LogP contribution in [0.1, 0.15) is 30.6 Å². The van der Waals surface area contributed by atoms with Gasteiger partial charge in [-0.15, -0.1) is 11.3 Å². The van der Waals surface area contributed by atoms with E-state index in [-0.39, 0.29) is 0 Å². The molecular formula is C13H17NS. The van der Waals surface area contributed by atoms with Gasteiger partial charge in [-0.3, -0.25) is 0 Å². The topological polar surface area (TPSA) is 12.0 Å². The molecule has 0 saturated heterocycles. The molecule has 0 atom stereocenters. The van der Waals surface area contributed by atoms with Crippen LogP contribution in [-0.4, -0.2) is 12.6 Å². The highest BCUT2D eigenvalue weighted by atomic mass is 32.1. The Morgan fingerprint density at radius 3 is 2.73 bits per heavy atom. The van der Waals surface area contributed by atoms with E-state index in [1.807, 2.05) is 11.3 Å². The molecule has 15 heavy (non-hydrogen) atoms. The van der Waals surface area contributed by atoms with Gasteiger partial charge in [0.1, 0.15) is 0 Å². The molecule has 0 aromatic carbocycles. The molecular weight excluding hydrogens is 202 g/mol. The van der Waals surface area contributed by atoms with Crippen molar-refractivity contribution >= 4 is 11.3 Å². The molecule has 0 aliphatic heterocycles. The highest BCUT2D eigenvalue weighted by Crippen LogP contribution is 2.39. The maximum Gasteiger partial charge on any atom is 0.0240 e. The molecule has 1 aromatic rings. The van der Waals surface area contributed by atoms with Crippen molar-refractivity contribution in [2.75, 3.05) is 6.54 Å². The quantitative estimate of drug-likeness (QED) is 0.767. The predicted octanol–water partition coefficient (Wildman–Crippen LogP) is 3.09. The van der Waals surface area contributed by atoms with Crippen molar-refractivity contribution in [2.45, 2.75) is 37.1 Å². The zero-order chi connectivity index (χ0) is 10.1. The van der Waals surface area contributed by atoms with E-state index in [0.29, 0.717) is 5.41 Å². The predicted molar refractivity (Wildman–Crippen MR) is 65.4 cm³/mol. The normalized spacial score (nSPS) is 23.5. The Morgan fingerprint density at radius 1 is 1.33 bits per heavy atom. The summed E-state index contributed by atoms with van der Waals surface area (Å²) in [7, 11) is 0. The fourth-order valence-electron chi connectivity index (χ4n) is 2.34. The molecule has 1 N–H and O–H groups in total. The molecule has 3 rings (SSSR count).